The van der Waals surface area contributed by atoms with E-state index in [1.807, 2.05) is 0 Å². The van der Waals surface area contributed by atoms with Crippen LogP contribution in [0.5, 0.6) is 0 Å². The van der Waals surface area contributed by atoms with Gasteiger partial charge in [0.1, 0.15) is 17.3 Å². The van der Waals surface area contributed by atoms with Crippen molar-refractivity contribution in [2.45, 2.75) is 6.43 Å². The Labute approximate surface area is 94.5 Å². The zero-order valence-corrected chi connectivity index (χ0v) is 8.79. The lowest BCUT2D eigenvalue weighted by Crippen LogP contribution is -1.92. The maximum atomic E-state index is 13.5. The summed E-state index contributed by atoms with van der Waals surface area (Å²) >= 11 is 0. The first-order valence-electron chi connectivity index (χ1n) is 4.76. The van der Waals surface area contributed by atoms with E-state index < -0.39 is 18.1 Å². The van der Waals surface area contributed by atoms with Gasteiger partial charge in [0, 0.05) is 24.9 Å². The molecule has 0 saturated carbocycles. The molecule has 0 radical (unpaired) electrons. The number of halogens is 4. The van der Waals surface area contributed by atoms with E-state index in [-0.39, 0.29) is 16.8 Å². The van der Waals surface area contributed by atoms with Gasteiger partial charge in [0.2, 0.25) is 0 Å². The maximum Gasteiger partial charge on any atom is 0.267 e. The third kappa shape index (κ3) is 2.15. The fourth-order valence-corrected chi connectivity index (χ4v) is 1.56. The van der Waals surface area contributed by atoms with Gasteiger partial charge in [-0.1, -0.05) is 0 Å². The Kier molecular flexibility index (Phi) is 2.87. The number of aryl methyl sites for hydroxylation is 1. The summed E-state index contributed by atoms with van der Waals surface area (Å²) in [6, 6.07) is 2.74. The third-order valence-corrected chi connectivity index (χ3v) is 2.28. The summed E-state index contributed by atoms with van der Waals surface area (Å²) in [4.78, 5) is 0. The van der Waals surface area contributed by atoms with E-state index in [9.17, 15) is 17.6 Å². The van der Waals surface area contributed by atoms with Gasteiger partial charge in [0.25, 0.3) is 6.43 Å². The Morgan fingerprint density at radius 3 is 2.53 bits per heavy atom. The highest BCUT2D eigenvalue weighted by molar-refractivity contribution is 5.63. The van der Waals surface area contributed by atoms with Crippen molar-refractivity contribution >= 4 is 0 Å². The highest BCUT2D eigenvalue weighted by atomic mass is 19.3. The van der Waals surface area contributed by atoms with Crippen molar-refractivity contribution in [1.29, 1.82) is 0 Å². The summed E-state index contributed by atoms with van der Waals surface area (Å²) in [5, 5.41) is 3.77. The number of alkyl halides is 2. The highest BCUT2D eigenvalue weighted by Gasteiger charge is 2.20. The minimum Gasteiger partial charge on any atom is -0.275 e. The molecular weight excluding hydrogens is 236 g/mol. The molecule has 0 fully saturated rings. The number of nitrogens with zero attached hydrogens (tertiary/aromatic N) is 2. The van der Waals surface area contributed by atoms with Gasteiger partial charge in [-0.25, -0.2) is 17.6 Å². The SMILES string of the molecule is Cn1cc(C(F)F)c(-c2ccc(F)cc2F)n1. The number of rotatable bonds is 2. The van der Waals surface area contributed by atoms with E-state index in [4.69, 9.17) is 0 Å². The fraction of sp³-hybridized carbons (Fsp3) is 0.182. The monoisotopic (exact) mass is 244 g/mol. The molecule has 1 aromatic carbocycles. The van der Waals surface area contributed by atoms with Crippen LogP contribution in [0.15, 0.2) is 24.4 Å². The predicted molar refractivity (Wildman–Crippen MR) is 53.5 cm³/mol. The molecule has 0 aliphatic carbocycles. The molecule has 6 heteroatoms. The first-order valence-corrected chi connectivity index (χ1v) is 4.76. The Balaban J connectivity index is 2.59. The van der Waals surface area contributed by atoms with Crippen molar-refractivity contribution in [1.82, 2.24) is 9.78 Å². The molecule has 0 amide bonds. The van der Waals surface area contributed by atoms with Crippen molar-refractivity contribution in [3.63, 3.8) is 0 Å². The quantitative estimate of drug-likeness (QED) is 0.741. The lowest BCUT2D eigenvalue weighted by molar-refractivity contribution is 0.152. The van der Waals surface area contributed by atoms with Crippen LogP contribution in [0, 0.1) is 11.6 Å². The van der Waals surface area contributed by atoms with Gasteiger partial charge < -0.3 is 0 Å². The second kappa shape index (κ2) is 4.20. The normalized spacial score (nSPS) is 11.2. The lowest BCUT2D eigenvalue weighted by atomic mass is 10.1. The summed E-state index contributed by atoms with van der Waals surface area (Å²) in [5.74, 6) is -1.67. The second-order valence-corrected chi connectivity index (χ2v) is 3.53. The standard InChI is InChI=1S/C11H8F4N2/c1-17-5-8(11(14)15)10(16-17)7-3-2-6(12)4-9(7)13/h2-5,11H,1H3. The lowest BCUT2D eigenvalue weighted by Gasteiger charge is -2.02. The molecule has 0 atom stereocenters. The molecule has 0 aliphatic heterocycles. The van der Waals surface area contributed by atoms with Gasteiger partial charge in [0.05, 0.1) is 5.56 Å². The topological polar surface area (TPSA) is 17.8 Å². The van der Waals surface area contributed by atoms with Gasteiger partial charge in [-0.3, -0.25) is 4.68 Å². The van der Waals surface area contributed by atoms with Crippen molar-refractivity contribution in [3.8, 4) is 11.3 Å². The molecule has 0 bridgehead atoms. The van der Waals surface area contributed by atoms with Gasteiger partial charge in [0.15, 0.2) is 0 Å². The van der Waals surface area contributed by atoms with Gasteiger partial charge in [-0.2, -0.15) is 5.10 Å². The highest BCUT2D eigenvalue weighted by Crippen LogP contribution is 2.31. The van der Waals surface area contributed by atoms with Crippen LogP contribution >= 0.6 is 0 Å². The fourth-order valence-electron chi connectivity index (χ4n) is 1.56. The molecule has 2 nitrogen and oxygen atoms in total. The Morgan fingerprint density at radius 1 is 1.24 bits per heavy atom. The van der Waals surface area contributed by atoms with Crippen molar-refractivity contribution in [3.05, 3.63) is 41.6 Å². The Hall–Kier alpha value is -1.85. The Morgan fingerprint density at radius 2 is 1.94 bits per heavy atom. The minimum atomic E-state index is -2.76. The van der Waals surface area contributed by atoms with E-state index in [0.717, 1.165) is 18.3 Å². The maximum absolute atomic E-state index is 13.5. The third-order valence-electron chi connectivity index (χ3n) is 2.28. The number of aromatic nitrogens is 2. The molecular formula is C11H8F4N2. The van der Waals surface area contributed by atoms with Gasteiger partial charge in [-0.15, -0.1) is 0 Å². The molecule has 17 heavy (non-hydrogen) atoms. The molecule has 0 saturated heterocycles. The smallest absolute Gasteiger partial charge is 0.267 e. The van der Waals surface area contributed by atoms with Gasteiger partial charge >= 0.3 is 0 Å². The molecule has 0 aliphatic rings. The zero-order valence-electron chi connectivity index (χ0n) is 8.79. The molecule has 1 aromatic heterocycles. The van der Waals surface area contributed by atoms with E-state index in [1.165, 1.54) is 11.7 Å². The largest absolute Gasteiger partial charge is 0.275 e. The van der Waals surface area contributed by atoms with E-state index in [0.29, 0.717) is 6.07 Å². The molecule has 2 rings (SSSR count). The average molecular weight is 244 g/mol. The van der Waals surface area contributed by atoms with E-state index in [2.05, 4.69) is 5.10 Å². The van der Waals surface area contributed by atoms with Crippen molar-refractivity contribution < 1.29 is 17.6 Å². The summed E-state index contributed by atoms with van der Waals surface area (Å²) in [5.41, 5.74) is -0.680. The summed E-state index contributed by atoms with van der Waals surface area (Å²) in [6.45, 7) is 0. The van der Waals surface area contributed by atoms with Crippen LogP contribution in [-0.2, 0) is 7.05 Å². The van der Waals surface area contributed by atoms with Crippen LogP contribution in [0.2, 0.25) is 0 Å². The number of benzene rings is 1. The number of hydrogen-bond donors (Lipinski definition) is 0. The zero-order chi connectivity index (χ0) is 12.6. The number of hydrogen-bond acceptors (Lipinski definition) is 1. The molecule has 1 heterocycles. The molecule has 0 N–H and O–H groups in total. The summed E-state index contributed by atoms with van der Waals surface area (Å²) in [7, 11) is 1.46. The van der Waals surface area contributed by atoms with Crippen LogP contribution in [0.25, 0.3) is 11.3 Å². The second-order valence-electron chi connectivity index (χ2n) is 3.53. The van der Waals surface area contributed by atoms with Gasteiger partial charge in [-0.05, 0) is 12.1 Å². The first-order chi connectivity index (χ1) is 7.99. The van der Waals surface area contributed by atoms with E-state index in [1.54, 1.807) is 0 Å². The van der Waals surface area contributed by atoms with Crippen molar-refractivity contribution in [2.75, 3.05) is 0 Å². The molecule has 0 spiro atoms. The van der Waals surface area contributed by atoms with Crippen molar-refractivity contribution in [2.24, 2.45) is 7.05 Å². The molecule has 90 valence electrons. The van der Waals surface area contributed by atoms with Crippen LogP contribution in [0.1, 0.15) is 12.0 Å². The van der Waals surface area contributed by atoms with Crippen LogP contribution in [0.3, 0.4) is 0 Å². The van der Waals surface area contributed by atoms with E-state index >= 15 is 0 Å². The Bertz CT molecular complexity index is 548. The van der Waals surface area contributed by atoms with Crippen LogP contribution < -0.4 is 0 Å². The molecule has 0 unspecified atom stereocenters. The first kappa shape index (κ1) is 11.6. The molecule has 2 aromatic rings. The van der Waals surface area contributed by atoms with Crippen LogP contribution in [0.4, 0.5) is 17.6 Å². The average Bonchev–Trinajstić information content (AvgIpc) is 2.60. The summed E-state index contributed by atoms with van der Waals surface area (Å²) in [6.07, 6.45) is -1.65. The minimum absolute atomic E-state index is 0.137. The predicted octanol–water partition coefficient (Wildman–Crippen LogP) is 3.30. The summed E-state index contributed by atoms with van der Waals surface area (Å²) < 4.78 is 52.7. The van der Waals surface area contributed by atoms with Crippen LogP contribution in [-0.4, -0.2) is 9.78 Å².